The van der Waals surface area contributed by atoms with Crippen molar-refractivity contribution in [2.24, 2.45) is 0 Å². The quantitative estimate of drug-likeness (QED) is 0.0700. The minimum absolute atomic E-state index is 0.101. The molecule has 0 heterocycles. The molecular formula is C38H77NO4. The van der Waals surface area contributed by atoms with Gasteiger partial charge in [-0.1, -0.05) is 168 Å². The molecule has 1 amide bonds. The van der Waals surface area contributed by atoms with Gasteiger partial charge in [0.05, 0.1) is 18.8 Å². The average Bonchev–Trinajstić information content (AvgIpc) is 3.02. The van der Waals surface area contributed by atoms with Gasteiger partial charge < -0.3 is 19.8 Å². The summed E-state index contributed by atoms with van der Waals surface area (Å²) >= 11 is 0. The van der Waals surface area contributed by atoms with E-state index in [4.69, 9.17) is 4.74 Å². The van der Waals surface area contributed by atoms with Crippen molar-refractivity contribution in [3.63, 3.8) is 0 Å². The van der Waals surface area contributed by atoms with Crippen LogP contribution in [0.1, 0.15) is 201 Å². The minimum atomic E-state index is -0.874. The van der Waals surface area contributed by atoms with Crippen LogP contribution in [-0.2, 0) is 9.53 Å². The third-order valence-electron chi connectivity index (χ3n) is 9.00. The van der Waals surface area contributed by atoms with E-state index in [-0.39, 0.29) is 19.1 Å². The zero-order chi connectivity index (χ0) is 31.6. The molecule has 0 fully saturated rings. The summed E-state index contributed by atoms with van der Waals surface area (Å²) in [5, 5.41) is 19.3. The lowest BCUT2D eigenvalue weighted by Crippen LogP contribution is -2.39. The maximum atomic E-state index is 12.9. The molecule has 0 aliphatic heterocycles. The van der Waals surface area contributed by atoms with Gasteiger partial charge in [0, 0.05) is 26.1 Å². The van der Waals surface area contributed by atoms with Crippen LogP contribution in [0.2, 0.25) is 0 Å². The zero-order valence-electron chi connectivity index (χ0n) is 29.4. The third kappa shape index (κ3) is 29.8. The number of ether oxygens (including phenoxy) is 1. The lowest BCUT2D eigenvalue weighted by Gasteiger charge is -2.25. The largest absolute Gasteiger partial charge is 0.394 e. The topological polar surface area (TPSA) is 70.0 Å². The predicted octanol–water partition coefficient (Wildman–Crippen LogP) is 10.5. The van der Waals surface area contributed by atoms with E-state index in [2.05, 4.69) is 20.8 Å². The van der Waals surface area contributed by atoms with Crippen LogP contribution < -0.4 is 0 Å². The highest BCUT2D eigenvalue weighted by atomic mass is 16.5. The lowest BCUT2D eigenvalue weighted by atomic mass is 10.0. The monoisotopic (exact) mass is 612 g/mol. The molecule has 2 unspecified atom stereocenters. The molecule has 0 aliphatic carbocycles. The Balaban J connectivity index is 3.95. The molecule has 0 radical (unpaired) electrons. The van der Waals surface area contributed by atoms with E-state index < -0.39 is 6.10 Å². The number of aliphatic hydroxyl groups is 2. The molecule has 258 valence electrons. The number of unbranched alkanes of at least 4 members (excludes halogenated alkanes) is 22. The van der Waals surface area contributed by atoms with Gasteiger partial charge in [-0.25, -0.2) is 0 Å². The van der Waals surface area contributed by atoms with Crippen LogP contribution in [0.15, 0.2) is 0 Å². The van der Waals surface area contributed by atoms with E-state index in [1.807, 2.05) is 0 Å². The normalized spacial score (nSPS) is 13.0. The van der Waals surface area contributed by atoms with Crippen molar-refractivity contribution in [3.8, 4) is 0 Å². The van der Waals surface area contributed by atoms with Crippen molar-refractivity contribution in [2.75, 3.05) is 26.3 Å². The summed E-state index contributed by atoms with van der Waals surface area (Å²) in [5.41, 5.74) is 0. The zero-order valence-corrected chi connectivity index (χ0v) is 29.4. The average molecular weight is 612 g/mol. The number of carbonyl (C=O) groups is 1. The Hall–Kier alpha value is -0.650. The summed E-state index contributed by atoms with van der Waals surface area (Å²) < 4.78 is 6.18. The highest BCUT2D eigenvalue weighted by Gasteiger charge is 2.17. The highest BCUT2D eigenvalue weighted by Crippen LogP contribution is 2.16. The minimum Gasteiger partial charge on any atom is -0.394 e. The van der Waals surface area contributed by atoms with Crippen molar-refractivity contribution in [3.05, 3.63) is 0 Å². The second-order valence-electron chi connectivity index (χ2n) is 13.2. The Morgan fingerprint density at radius 2 is 1.02 bits per heavy atom. The number of nitrogens with zero attached hydrogens (tertiary/aromatic N) is 1. The van der Waals surface area contributed by atoms with Gasteiger partial charge in [-0.2, -0.15) is 0 Å². The van der Waals surface area contributed by atoms with E-state index >= 15 is 0 Å². The molecule has 0 spiro atoms. The molecule has 0 saturated carbocycles. The summed E-state index contributed by atoms with van der Waals surface area (Å²) in [6, 6.07) is 0. The van der Waals surface area contributed by atoms with Crippen LogP contribution in [0.25, 0.3) is 0 Å². The van der Waals surface area contributed by atoms with Crippen molar-refractivity contribution in [2.45, 2.75) is 213 Å². The Labute approximate surface area is 269 Å². The molecule has 0 aliphatic rings. The van der Waals surface area contributed by atoms with Crippen molar-refractivity contribution in [1.82, 2.24) is 4.90 Å². The molecular weight excluding hydrogens is 534 g/mol. The molecule has 2 atom stereocenters. The molecule has 5 heteroatoms. The fourth-order valence-electron chi connectivity index (χ4n) is 6.03. The number of amides is 1. The Morgan fingerprint density at radius 1 is 0.605 bits per heavy atom. The Kier molecular flexibility index (Phi) is 33.7. The van der Waals surface area contributed by atoms with Crippen LogP contribution >= 0.6 is 0 Å². The first-order chi connectivity index (χ1) is 21.1. The van der Waals surface area contributed by atoms with Crippen LogP contribution in [-0.4, -0.2) is 59.5 Å². The van der Waals surface area contributed by atoms with E-state index in [1.54, 1.807) is 4.90 Å². The maximum Gasteiger partial charge on any atom is 0.222 e. The van der Waals surface area contributed by atoms with Gasteiger partial charge in [-0.05, 0) is 25.7 Å². The summed E-state index contributed by atoms with van der Waals surface area (Å²) in [5.74, 6) is 0.101. The fourth-order valence-corrected chi connectivity index (χ4v) is 6.03. The van der Waals surface area contributed by atoms with Crippen molar-refractivity contribution >= 4 is 5.91 Å². The third-order valence-corrected chi connectivity index (χ3v) is 9.00. The van der Waals surface area contributed by atoms with Crippen molar-refractivity contribution < 1.29 is 19.7 Å². The van der Waals surface area contributed by atoms with Gasteiger partial charge in [-0.3, -0.25) is 4.79 Å². The molecule has 0 aromatic carbocycles. The standard InChI is InChI=1S/C38H77NO4/c1-4-7-9-11-13-15-17-18-20-22-24-26-28-31-38(42)39(34-36(41)35-40)32-29-33-43-37(6-3)30-27-25-23-21-19-16-14-12-10-8-5-2/h36-37,40-41H,4-35H2,1-3H3. The van der Waals surface area contributed by atoms with Crippen LogP contribution in [0, 0.1) is 0 Å². The van der Waals surface area contributed by atoms with Crippen LogP contribution in [0.4, 0.5) is 0 Å². The Morgan fingerprint density at radius 3 is 1.44 bits per heavy atom. The van der Waals surface area contributed by atoms with E-state index in [0.717, 1.165) is 32.1 Å². The number of hydrogen-bond acceptors (Lipinski definition) is 4. The molecule has 2 N–H and O–H groups in total. The fraction of sp³-hybridized carbons (Fsp3) is 0.974. The number of aliphatic hydroxyl groups excluding tert-OH is 2. The second kappa shape index (κ2) is 34.2. The van der Waals surface area contributed by atoms with Gasteiger partial charge in [-0.15, -0.1) is 0 Å². The predicted molar refractivity (Wildman–Crippen MR) is 186 cm³/mol. The summed E-state index contributed by atoms with van der Waals surface area (Å²) in [6.45, 7) is 7.88. The van der Waals surface area contributed by atoms with E-state index in [0.29, 0.717) is 25.7 Å². The molecule has 0 saturated heterocycles. The summed E-state index contributed by atoms with van der Waals surface area (Å²) in [4.78, 5) is 14.6. The van der Waals surface area contributed by atoms with Gasteiger partial charge in [0.25, 0.3) is 0 Å². The maximum absolute atomic E-state index is 12.9. The molecule has 0 aromatic heterocycles. The second-order valence-corrected chi connectivity index (χ2v) is 13.2. The number of carbonyl (C=O) groups excluding carboxylic acids is 1. The van der Waals surface area contributed by atoms with Gasteiger partial charge in [0.1, 0.15) is 0 Å². The van der Waals surface area contributed by atoms with Crippen LogP contribution in [0.5, 0.6) is 0 Å². The Bertz CT molecular complexity index is 558. The molecule has 43 heavy (non-hydrogen) atoms. The smallest absolute Gasteiger partial charge is 0.222 e. The number of rotatable bonds is 35. The first-order valence-electron chi connectivity index (χ1n) is 19.3. The molecule has 0 aromatic rings. The SMILES string of the molecule is CCCCCCCCCCCCCCCC(=O)N(CCCOC(CC)CCCCCCCCCCCCC)CC(O)CO. The first-order valence-corrected chi connectivity index (χ1v) is 19.3. The van der Waals surface area contributed by atoms with Gasteiger partial charge in [0.15, 0.2) is 0 Å². The van der Waals surface area contributed by atoms with E-state index in [9.17, 15) is 15.0 Å². The molecule has 0 bridgehead atoms. The molecule has 0 rings (SSSR count). The summed E-state index contributed by atoms with van der Waals surface area (Å²) in [6.07, 6.45) is 34.7. The van der Waals surface area contributed by atoms with Gasteiger partial charge >= 0.3 is 0 Å². The summed E-state index contributed by atoms with van der Waals surface area (Å²) in [7, 11) is 0. The highest BCUT2D eigenvalue weighted by molar-refractivity contribution is 5.76. The molecule has 5 nitrogen and oxygen atoms in total. The lowest BCUT2D eigenvalue weighted by molar-refractivity contribution is -0.133. The van der Waals surface area contributed by atoms with Crippen LogP contribution in [0.3, 0.4) is 0 Å². The number of hydrogen-bond donors (Lipinski definition) is 2. The van der Waals surface area contributed by atoms with Crippen molar-refractivity contribution in [1.29, 1.82) is 0 Å². The van der Waals surface area contributed by atoms with E-state index in [1.165, 1.54) is 141 Å². The first kappa shape index (κ1) is 42.3. The van der Waals surface area contributed by atoms with Gasteiger partial charge in [0.2, 0.25) is 5.91 Å².